The van der Waals surface area contributed by atoms with Gasteiger partial charge < -0.3 is 19.3 Å². The molecule has 194 valence electrons. The minimum atomic E-state index is -1.04. The first-order valence-electron chi connectivity index (χ1n) is 11.7. The summed E-state index contributed by atoms with van der Waals surface area (Å²) in [6.45, 7) is 2.33. The first kappa shape index (κ1) is 25.2. The predicted molar refractivity (Wildman–Crippen MR) is 142 cm³/mol. The smallest absolute Gasteiger partial charge is 0.301 e. The van der Waals surface area contributed by atoms with Crippen LogP contribution >= 0.6 is 11.3 Å². The molecule has 2 heterocycles. The van der Waals surface area contributed by atoms with Crippen LogP contribution in [0.15, 0.2) is 66.2 Å². The maximum atomic E-state index is 13.9. The fourth-order valence-corrected chi connectivity index (χ4v) is 5.41. The summed E-state index contributed by atoms with van der Waals surface area (Å²) in [7, 11) is 2.97. The van der Waals surface area contributed by atoms with Crippen molar-refractivity contribution in [3.63, 3.8) is 0 Å². The summed E-state index contributed by atoms with van der Waals surface area (Å²) in [5.74, 6) is -1.10. The highest BCUT2D eigenvalue weighted by molar-refractivity contribution is 7.22. The Bertz CT molecular complexity index is 1580. The highest BCUT2D eigenvalue weighted by Gasteiger charge is 2.48. The number of aliphatic hydroxyl groups excluding tert-OH is 1. The lowest BCUT2D eigenvalue weighted by Crippen LogP contribution is -2.29. The Hall–Kier alpha value is -4.44. The molecule has 0 aliphatic carbocycles. The zero-order chi connectivity index (χ0) is 27.0. The Morgan fingerprint density at radius 2 is 1.76 bits per heavy atom. The maximum Gasteiger partial charge on any atom is 0.301 e. The van der Waals surface area contributed by atoms with Gasteiger partial charge in [0.25, 0.3) is 5.78 Å². The van der Waals surface area contributed by atoms with Crippen molar-refractivity contribution >= 4 is 44.1 Å². The molecule has 3 aromatic carbocycles. The van der Waals surface area contributed by atoms with Crippen molar-refractivity contribution in [2.75, 3.05) is 25.7 Å². The number of benzene rings is 3. The Kier molecular flexibility index (Phi) is 6.73. The van der Waals surface area contributed by atoms with Gasteiger partial charge in [-0.2, -0.15) is 0 Å². The average Bonchev–Trinajstić information content (AvgIpc) is 3.45. The van der Waals surface area contributed by atoms with E-state index in [1.807, 2.05) is 6.92 Å². The Balaban J connectivity index is 1.71. The third kappa shape index (κ3) is 4.32. The molecule has 1 atom stereocenters. The number of amides is 1. The van der Waals surface area contributed by atoms with Crippen LogP contribution in [-0.4, -0.2) is 42.6 Å². The lowest BCUT2D eigenvalue weighted by atomic mass is 9.95. The molecule has 10 heteroatoms. The van der Waals surface area contributed by atoms with Crippen molar-refractivity contribution in [3.8, 4) is 17.2 Å². The van der Waals surface area contributed by atoms with Crippen LogP contribution in [0.3, 0.4) is 0 Å². The lowest BCUT2D eigenvalue weighted by molar-refractivity contribution is -0.132. The van der Waals surface area contributed by atoms with Gasteiger partial charge in [0.15, 0.2) is 16.6 Å². The van der Waals surface area contributed by atoms with Gasteiger partial charge in [-0.05, 0) is 67.1 Å². The van der Waals surface area contributed by atoms with Crippen molar-refractivity contribution in [2.24, 2.45) is 0 Å². The SMILES string of the molecule is CCOc1ccc(C(O)=C2C(=O)C(=O)N(c3nc4ccc(F)cc4s3)[C@@H]2c2ccc(OC)c(OC)c2)cc1. The molecule has 1 saturated heterocycles. The number of thiazole rings is 1. The predicted octanol–water partition coefficient (Wildman–Crippen LogP) is 5.48. The molecular weight excluding hydrogens is 511 g/mol. The number of ether oxygens (including phenoxy) is 3. The first-order valence-corrected chi connectivity index (χ1v) is 12.5. The second kappa shape index (κ2) is 10.1. The molecule has 1 aliphatic rings. The number of rotatable bonds is 7. The molecule has 4 aromatic rings. The number of hydrogen-bond donors (Lipinski definition) is 1. The number of ketones is 1. The second-order valence-corrected chi connectivity index (χ2v) is 9.36. The van der Waals surface area contributed by atoms with Gasteiger partial charge in [-0.15, -0.1) is 0 Å². The fraction of sp³-hybridized carbons (Fsp3) is 0.179. The number of hydrogen-bond acceptors (Lipinski definition) is 8. The van der Waals surface area contributed by atoms with E-state index in [9.17, 15) is 19.1 Å². The fourth-order valence-electron chi connectivity index (χ4n) is 4.39. The number of nitrogens with zero attached hydrogens (tertiary/aromatic N) is 2. The highest BCUT2D eigenvalue weighted by Crippen LogP contribution is 2.46. The number of methoxy groups -OCH3 is 2. The molecule has 1 N–H and O–H groups in total. The number of fused-ring (bicyclic) bond motifs is 1. The van der Waals surface area contributed by atoms with E-state index in [0.29, 0.717) is 45.2 Å². The molecule has 0 radical (unpaired) electrons. The van der Waals surface area contributed by atoms with Crippen LogP contribution < -0.4 is 19.1 Å². The van der Waals surface area contributed by atoms with Crippen LogP contribution in [0, 0.1) is 5.82 Å². The van der Waals surface area contributed by atoms with E-state index >= 15 is 0 Å². The Labute approximate surface area is 221 Å². The third-order valence-corrected chi connectivity index (χ3v) is 7.17. The minimum Gasteiger partial charge on any atom is -0.507 e. The summed E-state index contributed by atoms with van der Waals surface area (Å²) in [6.07, 6.45) is 0. The molecular formula is C28H23FN2O6S. The molecule has 38 heavy (non-hydrogen) atoms. The summed E-state index contributed by atoms with van der Waals surface area (Å²) in [4.78, 5) is 32.6. The van der Waals surface area contributed by atoms with E-state index < -0.39 is 23.5 Å². The van der Waals surface area contributed by atoms with Gasteiger partial charge in [-0.3, -0.25) is 14.5 Å². The number of anilines is 1. The largest absolute Gasteiger partial charge is 0.507 e. The van der Waals surface area contributed by atoms with Crippen molar-refractivity contribution in [3.05, 3.63) is 83.2 Å². The van der Waals surface area contributed by atoms with Crippen LogP contribution in [0.5, 0.6) is 17.2 Å². The molecule has 1 aromatic heterocycles. The molecule has 0 spiro atoms. The highest BCUT2D eigenvalue weighted by atomic mass is 32.1. The van der Waals surface area contributed by atoms with Crippen molar-refractivity contribution in [1.82, 2.24) is 4.98 Å². The van der Waals surface area contributed by atoms with Gasteiger partial charge in [0, 0.05) is 5.56 Å². The number of aliphatic hydroxyl groups is 1. The van der Waals surface area contributed by atoms with E-state index in [4.69, 9.17) is 14.2 Å². The maximum absolute atomic E-state index is 13.9. The van der Waals surface area contributed by atoms with Crippen molar-refractivity contribution in [1.29, 1.82) is 0 Å². The van der Waals surface area contributed by atoms with Crippen molar-refractivity contribution in [2.45, 2.75) is 13.0 Å². The van der Waals surface area contributed by atoms with Crippen molar-refractivity contribution < 1.29 is 33.3 Å². The van der Waals surface area contributed by atoms with Gasteiger partial charge >= 0.3 is 5.91 Å². The van der Waals surface area contributed by atoms with Crippen LogP contribution in [0.2, 0.25) is 0 Å². The number of carbonyl (C=O) groups excluding carboxylic acids is 2. The molecule has 1 amide bonds. The standard InChI is InChI=1S/C28H23FN2O6S/c1-4-37-18-9-5-15(6-10-18)25(32)23-24(16-7-12-20(35-2)21(13-16)36-3)31(27(34)26(23)33)28-30-19-11-8-17(29)14-22(19)38-28/h5-14,24,32H,4H2,1-3H3/t24-/m1/s1. The zero-order valence-corrected chi connectivity index (χ0v) is 21.5. The average molecular weight is 535 g/mol. The van der Waals surface area contributed by atoms with E-state index in [2.05, 4.69) is 4.98 Å². The molecule has 0 saturated carbocycles. The molecule has 5 rings (SSSR count). The summed E-state index contributed by atoms with van der Waals surface area (Å²) >= 11 is 1.07. The van der Waals surface area contributed by atoms with E-state index in [0.717, 1.165) is 11.3 Å². The normalized spacial score (nSPS) is 16.7. The summed E-state index contributed by atoms with van der Waals surface area (Å²) in [5.41, 5.74) is 1.19. The van der Waals surface area contributed by atoms with Crippen LogP contribution in [0.4, 0.5) is 9.52 Å². The van der Waals surface area contributed by atoms with E-state index in [-0.39, 0.29) is 16.5 Å². The summed E-state index contributed by atoms with van der Waals surface area (Å²) < 4.78 is 30.6. The molecule has 0 unspecified atom stereocenters. The zero-order valence-electron chi connectivity index (χ0n) is 20.7. The monoisotopic (exact) mass is 534 g/mol. The molecule has 1 fully saturated rings. The quantitative estimate of drug-likeness (QED) is 0.191. The third-order valence-electron chi connectivity index (χ3n) is 6.15. The van der Waals surface area contributed by atoms with E-state index in [1.165, 1.54) is 37.3 Å². The molecule has 1 aliphatic heterocycles. The Morgan fingerprint density at radius 3 is 2.45 bits per heavy atom. The van der Waals surface area contributed by atoms with Crippen LogP contribution in [0.1, 0.15) is 24.1 Å². The summed E-state index contributed by atoms with van der Waals surface area (Å²) in [5, 5.41) is 11.5. The van der Waals surface area contributed by atoms with Gasteiger partial charge in [0.1, 0.15) is 17.3 Å². The Morgan fingerprint density at radius 1 is 1.03 bits per heavy atom. The second-order valence-electron chi connectivity index (χ2n) is 8.35. The number of Topliss-reactive ketones (excluding diaryl/α,β-unsaturated/α-hetero) is 1. The van der Waals surface area contributed by atoms with Crippen LogP contribution in [-0.2, 0) is 9.59 Å². The van der Waals surface area contributed by atoms with E-state index in [1.54, 1.807) is 42.5 Å². The number of halogens is 1. The van der Waals surface area contributed by atoms with Gasteiger partial charge in [0.05, 0.1) is 42.7 Å². The summed E-state index contributed by atoms with van der Waals surface area (Å²) in [6, 6.07) is 14.6. The topological polar surface area (TPSA) is 98.2 Å². The number of aromatic nitrogens is 1. The van der Waals surface area contributed by atoms with Gasteiger partial charge in [-0.25, -0.2) is 9.37 Å². The molecule has 8 nitrogen and oxygen atoms in total. The van der Waals surface area contributed by atoms with Crippen LogP contribution in [0.25, 0.3) is 16.0 Å². The van der Waals surface area contributed by atoms with Gasteiger partial charge in [-0.1, -0.05) is 17.4 Å². The molecule has 0 bridgehead atoms. The van der Waals surface area contributed by atoms with Gasteiger partial charge in [0.2, 0.25) is 0 Å². The number of carbonyl (C=O) groups is 2. The lowest BCUT2D eigenvalue weighted by Gasteiger charge is -2.23. The minimum absolute atomic E-state index is 0.114. The first-order chi connectivity index (χ1) is 18.4.